The van der Waals surface area contributed by atoms with Gasteiger partial charge in [-0.25, -0.2) is 0 Å². The van der Waals surface area contributed by atoms with E-state index in [1.54, 1.807) is 6.20 Å². The smallest absolute Gasteiger partial charge is 0.273 e. The van der Waals surface area contributed by atoms with E-state index in [2.05, 4.69) is 44.6 Å². The second kappa shape index (κ2) is 8.17. The molecule has 0 spiro atoms. The number of hydrogen-bond acceptors (Lipinski definition) is 5. The van der Waals surface area contributed by atoms with Gasteiger partial charge in [0.15, 0.2) is 5.69 Å². The zero-order valence-corrected chi connectivity index (χ0v) is 16.0. The zero-order chi connectivity index (χ0) is 18.6. The van der Waals surface area contributed by atoms with E-state index in [9.17, 15) is 4.79 Å². The minimum Gasteiger partial charge on any atom is -0.348 e. The van der Waals surface area contributed by atoms with Crippen LogP contribution < -0.4 is 5.32 Å². The summed E-state index contributed by atoms with van der Waals surface area (Å²) in [6, 6.07) is 4.92. The predicted molar refractivity (Wildman–Crippen MR) is 102 cm³/mol. The Morgan fingerprint density at radius 3 is 2.85 bits per heavy atom. The van der Waals surface area contributed by atoms with Gasteiger partial charge in [0.05, 0.1) is 18.4 Å². The van der Waals surface area contributed by atoms with Crippen molar-refractivity contribution in [3.8, 4) is 0 Å². The molecule has 1 atom stereocenters. The van der Waals surface area contributed by atoms with Crippen molar-refractivity contribution in [3.05, 3.63) is 41.5 Å². The Labute approximate surface area is 160 Å². The highest BCUT2D eigenvalue weighted by atomic mass is 16.2. The van der Waals surface area contributed by atoms with Crippen molar-refractivity contribution >= 4 is 5.91 Å². The van der Waals surface area contributed by atoms with Gasteiger partial charge in [0, 0.05) is 24.8 Å². The first kappa shape index (κ1) is 18.1. The Bertz CT molecular complexity index is 765. The second-order valence-electron chi connectivity index (χ2n) is 7.87. The maximum Gasteiger partial charge on any atom is 0.273 e. The fraction of sp³-hybridized carbons (Fsp3) is 0.600. The molecule has 2 aromatic rings. The summed E-state index contributed by atoms with van der Waals surface area (Å²) < 4.78 is 1.81. The third kappa shape index (κ3) is 4.53. The Morgan fingerprint density at radius 1 is 1.22 bits per heavy atom. The van der Waals surface area contributed by atoms with Crippen molar-refractivity contribution in [2.24, 2.45) is 0 Å². The highest BCUT2D eigenvalue weighted by Crippen LogP contribution is 2.21. The van der Waals surface area contributed by atoms with Gasteiger partial charge in [-0.15, -0.1) is 5.10 Å². The molecule has 27 heavy (non-hydrogen) atoms. The summed E-state index contributed by atoms with van der Waals surface area (Å²) in [6.45, 7) is 4.74. The van der Waals surface area contributed by atoms with E-state index in [1.807, 2.05) is 10.9 Å². The van der Waals surface area contributed by atoms with Gasteiger partial charge in [-0.2, -0.15) is 0 Å². The molecule has 0 bridgehead atoms. The van der Waals surface area contributed by atoms with E-state index in [0.717, 1.165) is 44.6 Å². The van der Waals surface area contributed by atoms with E-state index in [0.29, 0.717) is 17.8 Å². The summed E-state index contributed by atoms with van der Waals surface area (Å²) in [5, 5.41) is 11.4. The Morgan fingerprint density at radius 2 is 2.07 bits per heavy atom. The molecular formula is C20H28N6O. The van der Waals surface area contributed by atoms with Crippen LogP contribution in [0, 0.1) is 6.92 Å². The number of amides is 1. The topological polar surface area (TPSA) is 75.9 Å². The van der Waals surface area contributed by atoms with Crippen molar-refractivity contribution in [1.29, 1.82) is 0 Å². The van der Waals surface area contributed by atoms with Crippen molar-refractivity contribution < 1.29 is 4.79 Å². The summed E-state index contributed by atoms with van der Waals surface area (Å²) in [4.78, 5) is 19.3. The third-order valence-corrected chi connectivity index (χ3v) is 5.70. The average Bonchev–Trinajstić information content (AvgIpc) is 3.40. The number of hydrogen-bond donors (Lipinski definition) is 1. The lowest BCUT2D eigenvalue weighted by Crippen LogP contribution is -2.33. The fourth-order valence-corrected chi connectivity index (χ4v) is 4.15. The molecule has 1 amide bonds. The zero-order valence-electron chi connectivity index (χ0n) is 16.0. The van der Waals surface area contributed by atoms with Gasteiger partial charge < -0.3 is 5.32 Å². The van der Waals surface area contributed by atoms with Gasteiger partial charge in [-0.1, -0.05) is 24.1 Å². The molecule has 144 valence electrons. The van der Waals surface area contributed by atoms with Crippen LogP contribution in [0.1, 0.15) is 60.3 Å². The number of nitrogens with one attached hydrogen (secondary N) is 1. The van der Waals surface area contributed by atoms with Crippen LogP contribution in [0.4, 0.5) is 0 Å². The number of pyridine rings is 1. The van der Waals surface area contributed by atoms with E-state index in [1.165, 1.54) is 24.8 Å². The number of likely N-dealkylation sites (tertiary alicyclic amines) is 1. The summed E-state index contributed by atoms with van der Waals surface area (Å²) >= 11 is 0. The van der Waals surface area contributed by atoms with Crippen LogP contribution >= 0.6 is 0 Å². The summed E-state index contributed by atoms with van der Waals surface area (Å²) in [5.41, 5.74) is 2.71. The van der Waals surface area contributed by atoms with Crippen LogP contribution in [-0.4, -0.2) is 49.4 Å². The molecule has 3 heterocycles. The van der Waals surface area contributed by atoms with Gasteiger partial charge in [0.2, 0.25) is 0 Å². The maximum atomic E-state index is 12.3. The van der Waals surface area contributed by atoms with E-state index in [-0.39, 0.29) is 5.91 Å². The number of aromatic nitrogens is 4. The Hall–Kier alpha value is -2.28. The molecule has 1 aliphatic heterocycles. The van der Waals surface area contributed by atoms with Gasteiger partial charge in [-0.05, 0) is 50.8 Å². The number of nitrogens with zero attached hydrogens (tertiary/aromatic N) is 5. The van der Waals surface area contributed by atoms with Gasteiger partial charge >= 0.3 is 0 Å². The van der Waals surface area contributed by atoms with Crippen LogP contribution in [0.5, 0.6) is 0 Å². The molecule has 7 nitrogen and oxygen atoms in total. The molecule has 2 aliphatic rings. The third-order valence-electron chi connectivity index (χ3n) is 5.70. The van der Waals surface area contributed by atoms with E-state index in [4.69, 9.17) is 0 Å². The first-order chi connectivity index (χ1) is 13.2. The summed E-state index contributed by atoms with van der Waals surface area (Å²) in [6.07, 6.45) is 10.6. The van der Waals surface area contributed by atoms with Gasteiger partial charge in [-0.3, -0.25) is 19.4 Å². The lowest BCUT2D eigenvalue weighted by Gasteiger charge is -2.23. The van der Waals surface area contributed by atoms with Crippen LogP contribution in [0.3, 0.4) is 0 Å². The first-order valence-electron chi connectivity index (χ1n) is 10.0. The number of rotatable bonds is 6. The minimum absolute atomic E-state index is 0.0970. The molecule has 1 saturated heterocycles. The van der Waals surface area contributed by atoms with Crippen LogP contribution in [0.2, 0.25) is 0 Å². The Kier molecular flexibility index (Phi) is 5.48. The SMILES string of the molecule is Cc1ccc(CN2CCC[C@H]2Cn2cc(C(=O)NC3CCCC3)nn2)nc1. The number of carbonyl (C=O) groups is 1. The monoisotopic (exact) mass is 368 g/mol. The summed E-state index contributed by atoms with van der Waals surface area (Å²) in [7, 11) is 0. The largest absolute Gasteiger partial charge is 0.348 e. The molecule has 0 radical (unpaired) electrons. The standard InChI is InChI=1S/C20H28N6O/c1-15-8-9-17(21-11-15)12-25-10-4-7-18(25)13-26-14-19(23-24-26)20(27)22-16-5-2-3-6-16/h8-9,11,14,16,18H,2-7,10,12-13H2,1H3,(H,22,27)/t18-/m0/s1. The van der Waals surface area contributed by atoms with Crippen molar-refractivity contribution in [3.63, 3.8) is 0 Å². The van der Waals surface area contributed by atoms with Crippen LogP contribution in [-0.2, 0) is 13.1 Å². The minimum atomic E-state index is -0.0970. The normalized spacial score (nSPS) is 21.0. The highest BCUT2D eigenvalue weighted by molar-refractivity contribution is 5.92. The first-order valence-corrected chi connectivity index (χ1v) is 10.0. The molecule has 1 saturated carbocycles. The van der Waals surface area contributed by atoms with Crippen molar-refractivity contribution in [2.75, 3.05) is 6.54 Å². The lowest BCUT2D eigenvalue weighted by atomic mass is 10.2. The molecule has 2 aromatic heterocycles. The quantitative estimate of drug-likeness (QED) is 0.847. The molecule has 1 N–H and O–H groups in total. The number of carbonyl (C=O) groups excluding carboxylic acids is 1. The molecule has 1 aliphatic carbocycles. The van der Waals surface area contributed by atoms with E-state index >= 15 is 0 Å². The summed E-state index contributed by atoms with van der Waals surface area (Å²) in [5.74, 6) is -0.0970. The molecule has 7 heteroatoms. The fourth-order valence-electron chi connectivity index (χ4n) is 4.15. The Balaban J connectivity index is 1.34. The average molecular weight is 368 g/mol. The predicted octanol–water partition coefficient (Wildman–Crippen LogP) is 2.32. The van der Waals surface area contributed by atoms with Crippen LogP contribution in [0.15, 0.2) is 24.5 Å². The second-order valence-corrected chi connectivity index (χ2v) is 7.87. The lowest BCUT2D eigenvalue weighted by molar-refractivity contribution is 0.0932. The molecule has 2 fully saturated rings. The maximum absolute atomic E-state index is 12.3. The van der Waals surface area contributed by atoms with Crippen molar-refractivity contribution in [1.82, 2.24) is 30.2 Å². The number of aryl methyl sites for hydroxylation is 1. The van der Waals surface area contributed by atoms with Crippen molar-refractivity contribution in [2.45, 2.75) is 70.6 Å². The molecular weight excluding hydrogens is 340 g/mol. The van der Waals surface area contributed by atoms with E-state index < -0.39 is 0 Å². The molecule has 0 unspecified atom stereocenters. The highest BCUT2D eigenvalue weighted by Gasteiger charge is 2.26. The van der Waals surface area contributed by atoms with Gasteiger partial charge in [0.25, 0.3) is 5.91 Å². The molecule has 4 rings (SSSR count). The molecule has 0 aromatic carbocycles. The van der Waals surface area contributed by atoms with Gasteiger partial charge in [0.1, 0.15) is 0 Å². The van der Waals surface area contributed by atoms with Crippen LogP contribution in [0.25, 0.3) is 0 Å².